The molecule has 2 aromatic rings. The number of esters is 1. The molecule has 1 atom stereocenters. The minimum Gasteiger partial charge on any atom is -0.493 e. The lowest BCUT2D eigenvalue weighted by atomic mass is 9.87. The van der Waals surface area contributed by atoms with E-state index in [4.69, 9.17) is 18.9 Å². The quantitative estimate of drug-likeness (QED) is 0.658. The standard InChI is InChI=1S/C23H29NO6/c1-15(30-18-10-7-16(8-11-18)23(2,3)4)22(26)29-14-21(25)24-17-9-12-19(27-5)20(13-17)28-6/h7-13,15H,14H2,1-6H3,(H,24,25)/t15-/m0/s1. The average molecular weight is 415 g/mol. The zero-order valence-corrected chi connectivity index (χ0v) is 18.3. The van der Waals surface area contributed by atoms with Crippen LogP contribution in [0.15, 0.2) is 42.5 Å². The van der Waals surface area contributed by atoms with Crippen molar-refractivity contribution in [1.82, 2.24) is 0 Å². The molecular weight excluding hydrogens is 386 g/mol. The van der Waals surface area contributed by atoms with Crippen molar-refractivity contribution >= 4 is 17.6 Å². The SMILES string of the molecule is COc1ccc(NC(=O)COC(=O)[C@H](C)Oc2ccc(C(C)(C)C)cc2)cc1OC. The predicted molar refractivity (Wildman–Crippen MR) is 114 cm³/mol. The molecule has 0 fully saturated rings. The lowest BCUT2D eigenvalue weighted by molar-refractivity contribution is -0.153. The van der Waals surface area contributed by atoms with Crippen LogP contribution >= 0.6 is 0 Å². The summed E-state index contributed by atoms with van der Waals surface area (Å²) in [5.41, 5.74) is 1.69. The zero-order valence-electron chi connectivity index (χ0n) is 18.3. The summed E-state index contributed by atoms with van der Waals surface area (Å²) in [7, 11) is 3.03. The highest BCUT2D eigenvalue weighted by Crippen LogP contribution is 2.29. The van der Waals surface area contributed by atoms with Crippen LogP contribution in [-0.2, 0) is 19.7 Å². The molecule has 7 heteroatoms. The number of carbonyl (C=O) groups excluding carboxylic acids is 2. The second-order valence-corrected chi connectivity index (χ2v) is 7.76. The third-order valence-corrected chi connectivity index (χ3v) is 4.38. The molecule has 0 aliphatic heterocycles. The lowest BCUT2D eigenvalue weighted by Gasteiger charge is -2.20. The van der Waals surface area contributed by atoms with E-state index < -0.39 is 24.6 Å². The topological polar surface area (TPSA) is 83.1 Å². The minimum atomic E-state index is -0.848. The minimum absolute atomic E-state index is 0.0321. The van der Waals surface area contributed by atoms with Crippen LogP contribution in [0.3, 0.4) is 0 Å². The van der Waals surface area contributed by atoms with E-state index in [2.05, 4.69) is 26.1 Å². The van der Waals surface area contributed by atoms with Gasteiger partial charge in [0.2, 0.25) is 0 Å². The van der Waals surface area contributed by atoms with Gasteiger partial charge < -0.3 is 24.3 Å². The van der Waals surface area contributed by atoms with E-state index in [1.807, 2.05) is 24.3 Å². The van der Waals surface area contributed by atoms with Gasteiger partial charge in [-0.25, -0.2) is 4.79 Å². The van der Waals surface area contributed by atoms with Crippen LogP contribution in [0.1, 0.15) is 33.3 Å². The maximum Gasteiger partial charge on any atom is 0.347 e. The van der Waals surface area contributed by atoms with Gasteiger partial charge in [0.1, 0.15) is 5.75 Å². The average Bonchev–Trinajstić information content (AvgIpc) is 2.71. The molecular formula is C23H29NO6. The largest absolute Gasteiger partial charge is 0.493 e. The van der Waals surface area contributed by atoms with E-state index in [1.165, 1.54) is 14.2 Å². The molecule has 0 aromatic heterocycles. The van der Waals surface area contributed by atoms with Crippen molar-refractivity contribution in [1.29, 1.82) is 0 Å². The summed E-state index contributed by atoms with van der Waals surface area (Å²) in [5, 5.41) is 2.64. The summed E-state index contributed by atoms with van der Waals surface area (Å²) in [6.45, 7) is 7.51. The summed E-state index contributed by atoms with van der Waals surface area (Å²) in [6, 6.07) is 12.5. The maximum absolute atomic E-state index is 12.2. The highest BCUT2D eigenvalue weighted by Gasteiger charge is 2.19. The first-order valence-electron chi connectivity index (χ1n) is 9.59. The molecule has 0 radical (unpaired) electrons. The Morgan fingerprint density at radius 2 is 1.60 bits per heavy atom. The van der Waals surface area contributed by atoms with E-state index in [0.29, 0.717) is 22.9 Å². The molecule has 0 heterocycles. The smallest absolute Gasteiger partial charge is 0.347 e. The Morgan fingerprint density at radius 1 is 0.967 bits per heavy atom. The molecule has 0 spiro atoms. The number of methoxy groups -OCH3 is 2. The molecule has 0 unspecified atom stereocenters. The first-order chi connectivity index (χ1) is 14.1. The number of ether oxygens (including phenoxy) is 4. The Morgan fingerprint density at radius 3 is 2.17 bits per heavy atom. The number of hydrogen-bond acceptors (Lipinski definition) is 6. The molecule has 1 N–H and O–H groups in total. The molecule has 2 aromatic carbocycles. The molecule has 0 bridgehead atoms. The number of anilines is 1. The highest BCUT2D eigenvalue weighted by molar-refractivity contribution is 5.93. The number of rotatable bonds is 8. The zero-order chi connectivity index (χ0) is 22.3. The third kappa shape index (κ3) is 6.40. The van der Waals surface area contributed by atoms with Gasteiger partial charge in [0.15, 0.2) is 24.2 Å². The number of amides is 1. The summed E-state index contributed by atoms with van der Waals surface area (Å²) < 4.78 is 21.0. The molecule has 0 saturated carbocycles. The lowest BCUT2D eigenvalue weighted by Crippen LogP contribution is -2.29. The Balaban J connectivity index is 1.85. The van der Waals surface area contributed by atoms with Crippen molar-refractivity contribution in [2.75, 3.05) is 26.1 Å². The first kappa shape index (κ1) is 23.1. The molecule has 0 saturated heterocycles. The summed E-state index contributed by atoms with van der Waals surface area (Å²) in [6.07, 6.45) is -0.848. The summed E-state index contributed by atoms with van der Waals surface area (Å²) in [5.74, 6) is 0.479. The normalized spacial score (nSPS) is 11.9. The van der Waals surface area contributed by atoms with E-state index in [1.54, 1.807) is 25.1 Å². The van der Waals surface area contributed by atoms with E-state index in [0.717, 1.165) is 5.56 Å². The van der Waals surface area contributed by atoms with Crippen LogP contribution in [0.25, 0.3) is 0 Å². The van der Waals surface area contributed by atoms with Gasteiger partial charge in [-0.05, 0) is 42.2 Å². The van der Waals surface area contributed by atoms with Gasteiger partial charge in [-0.2, -0.15) is 0 Å². The fourth-order valence-corrected chi connectivity index (χ4v) is 2.65. The molecule has 162 valence electrons. The van der Waals surface area contributed by atoms with Crippen molar-refractivity contribution in [3.05, 3.63) is 48.0 Å². The van der Waals surface area contributed by atoms with E-state index in [9.17, 15) is 9.59 Å². The van der Waals surface area contributed by atoms with Crippen molar-refractivity contribution < 1.29 is 28.5 Å². The van der Waals surface area contributed by atoms with Gasteiger partial charge in [-0.3, -0.25) is 4.79 Å². The van der Waals surface area contributed by atoms with Crippen LogP contribution in [0, 0.1) is 0 Å². The van der Waals surface area contributed by atoms with Crippen LogP contribution < -0.4 is 19.5 Å². The Labute approximate surface area is 177 Å². The second kappa shape index (κ2) is 10.0. The van der Waals surface area contributed by atoms with Crippen molar-refractivity contribution in [2.24, 2.45) is 0 Å². The van der Waals surface area contributed by atoms with Crippen LogP contribution in [0.5, 0.6) is 17.2 Å². The monoisotopic (exact) mass is 415 g/mol. The van der Waals surface area contributed by atoms with Crippen LogP contribution in [0.2, 0.25) is 0 Å². The van der Waals surface area contributed by atoms with Gasteiger partial charge in [0.25, 0.3) is 5.91 Å². The number of hydrogen-bond donors (Lipinski definition) is 1. The molecule has 1 amide bonds. The maximum atomic E-state index is 12.2. The van der Waals surface area contributed by atoms with E-state index in [-0.39, 0.29) is 5.41 Å². The van der Waals surface area contributed by atoms with Crippen LogP contribution in [0.4, 0.5) is 5.69 Å². The molecule has 0 aliphatic carbocycles. The molecule has 7 nitrogen and oxygen atoms in total. The van der Waals surface area contributed by atoms with Gasteiger partial charge in [0, 0.05) is 11.8 Å². The number of benzene rings is 2. The van der Waals surface area contributed by atoms with Gasteiger partial charge in [-0.1, -0.05) is 32.9 Å². The van der Waals surface area contributed by atoms with Crippen molar-refractivity contribution in [2.45, 2.75) is 39.2 Å². The number of carbonyl (C=O) groups is 2. The Kier molecular flexibility index (Phi) is 7.69. The van der Waals surface area contributed by atoms with Gasteiger partial charge in [0.05, 0.1) is 14.2 Å². The van der Waals surface area contributed by atoms with Gasteiger partial charge >= 0.3 is 5.97 Å². The summed E-state index contributed by atoms with van der Waals surface area (Å²) >= 11 is 0. The number of nitrogens with one attached hydrogen (secondary N) is 1. The predicted octanol–water partition coefficient (Wildman–Crippen LogP) is 3.95. The second-order valence-electron chi connectivity index (χ2n) is 7.76. The first-order valence-corrected chi connectivity index (χ1v) is 9.59. The van der Waals surface area contributed by atoms with Gasteiger partial charge in [-0.15, -0.1) is 0 Å². The molecule has 30 heavy (non-hydrogen) atoms. The Hall–Kier alpha value is -3.22. The third-order valence-electron chi connectivity index (χ3n) is 4.38. The molecule has 0 aliphatic rings. The summed E-state index contributed by atoms with van der Waals surface area (Å²) in [4.78, 5) is 24.2. The van der Waals surface area contributed by atoms with E-state index >= 15 is 0 Å². The van der Waals surface area contributed by atoms with Crippen molar-refractivity contribution in [3.8, 4) is 17.2 Å². The Bertz CT molecular complexity index is 870. The molecule has 2 rings (SSSR count). The highest BCUT2D eigenvalue weighted by atomic mass is 16.6. The van der Waals surface area contributed by atoms with Crippen LogP contribution in [-0.4, -0.2) is 38.8 Å². The van der Waals surface area contributed by atoms with Crippen molar-refractivity contribution in [3.63, 3.8) is 0 Å². The fourth-order valence-electron chi connectivity index (χ4n) is 2.65. The fraction of sp³-hybridized carbons (Fsp3) is 0.391.